The quantitative estimate of drug-likeness (QED) is 0.859. The van der Waals surface area contributed by atoms with Gasteiger partial charge in [-0.3, -0.25) is 0 Å². The maximum absolute atomic E-state index is 13.5. The van der Waals surface area contributed by atoms with Crippen LogP contribution in [-0.4, -0.2) is 7.05 Å². The Hall–Kier alpha value is -1.38. The SMILES string of the molecule is CNC1CCc2c(-c3cc(F)cc(Cl)c3)cccc21. The summed E-state index contributed by atoms with van der Waals surface area (Å²) in [5.41, 5.74) is 4.58. The first-order chi connectivity index (χ1) is 9.19. The first-order valence-corrected chi connectivity index (χ1v) is 6.82. The second-order valence-corrected chi connectivity index (χ2v) is 5.35. The molecule has 0 saturated carbocycles. The highest BCUT2D eigenvalue weighted by atomic mass is 35.5. The molecule has 98 valence electrons. The lowest BCUT2D eigenvalue weighted by Crippen LogP contribution is -2.12. The van der Waals surface area contributed by atoms with Gasteiger partial charge in [0.15, 0.2) is 0 Å². The number of fused-ring (bicyclic) bond motifs is 1. The summed E-state index contributed by atoms with van der Waals surface area (Å²) in [5, 5.41) is 3.76. The monoisotopic (exact) mass is 275 g/mol. The minimum atomic E-state index is -0.289. The Balaban J connectivity index is 2.14. The third-order valence-corrected chi connectivity index (χ3v) is 4.01. The summed E-state index contributed by atoms with van der Waals surface area (Å²) in [7, 11) is 1.98. The first-order valence-electron chi connectivity index (χ1n) is 6.44. The van der Waals surface area contributed by atoms with Crippen LogP contribution in [0.25, 0.3) is 11.1 Å². The summed E-state index contributed by atoms with van der Waals surface area (Å²) in [5.74, 6) is -0.289. The molecule has 0 bridgehead atoms. The maximum atomic E-state index is 13.5. The van der Waals surface area contributed by atoms with Crippen LogP contribution < -0.4 is 5.32 Å². The van der Waals surface area contributed by atoms with Crippen LogP contribution in [0.4, 0.5) is 4.39 Å². The molecule has 1 nitrogen and oxygen atoms in total. The van der Waals surface area contributed by atoms with E-state index in [0.717, 1.165) is 24.0 Å². The van der Waals surface area contributed by atoms with Crippen molar-refractivity contribution in [3.8, 4) is 11.1 Å². The highest BCUT2D eigenvalue weighted by molar-refractivity contribution is 6.30. The lowest BCUT2D eigenvalue weighted by atomic mass is 9.96. The molecule has 3 rings (SSSR count). The molecule has 3 heteroatoms. The minimum absolute atomic E-state index is 0.289. The third-order valence-electron chi connectivity index (χ3n) is 3.79. The third kappa shape index (κ3) is 2.26. The Morgan fingerprint density at radius 1 is 1.26 bits per heavy atom. The Morgan fingerprint density at radius 3 is 2.84 bits per heavy atom. The zero-order valence-electron chi connectivity index (χ0n) is 10.7. The van der Waals surface area contributed by atoms with E-state index in [0.29, 0.717) is 11.1 Å². The van der Waals surface area contributed by atoms with Crippen LogP contribution in [0.2, 0.25) is 5.02 Å². The molecule has 1 unspecified atom stereocenters. The van der Waals surface area contributed by atoms with Crippen molar-refractivity contribution in [3.05, 3.63) is 58.4 Å². The molecule has 19 heavy (non-hydrogen) atoms. The van der Waals surface area contributed by atoms with Gasteiger partial charge in [0.2, 0.25) is 0 Å². The Morgan fingerprint density at radius 2 is 2.11 bits per heavy atom. The molecule has 0 spiro atoms. The Kier molecular flexibility index (Phi) is 3.29. The molecule has 0 aliphatic heterocycles. The van der Waals surface area contributed by atoms with Gasteiger partial charge in [0.1, 0.15) is 5.82 Å². The van der Waals surface area contributed by atoms with E-state index in [2.05, 4.69) is 11.4 Å². The number of rotatable bonds is 2. The van der Waals surface area contributed by atoms with Gasteiger partial charge in [0.25, 0.3) is 0 Å². The van der Waals surface area contributed by atoms with Crippen LogP contribution in [0, 0.1) is 5.82 Å². The summed E-state index contributed by atoms with van der Waals surface area (Å²) in [6.07, 6.45) is 2.11. The predicted octanol–water partition coefficient (Wildman–Crippen LogP) is 4.35. The van der Waals surface area contributed by atoms with E-state index < -0.39 is 0 Å². The van der Waals surface area contributed by atoms with Crippen LogP contribution in [-0.2, 0) is 6.42 Å². The van der Waals surface area contributed by atoms with Gasteiger partial charge in [-0.2, -0.15) is 0 Å². The van der Waals surface area contributed by atoms with Gasteiger partial charge in [-0.05, 0) is 60.3 Å². The van der Waals surface area contributed by atoms with Gasteiger partial charge < -0.3 is 5.32 Å². The largest absolute Gasteiger partial charge is 0.313 e. The van der Waals surface area contributed by atoms with Gasteiger partial charge >= 0.3 is 0 Å². The van der Waals surface area contributed by atoms with Crippen LogP contribution in [0.1, 0.15) is 23.6 Å². The molecule has 0 saturated heterocycles. The molecule has 0 fully saturated rings. The molecule has 0 radical (unpaired) electrons. The van der Waals surface area contributed by atoms with Gasteiger partial charge in [0, 0.05) is 11.1 Å². The van der Waals surface area contributed by atoms with Crippen molar-refractivity contribution in [2.24, 2.45) is 0 Å². The van der Waals surface area contributed by atoms with Gasteiger partial charge in [0.05, 0.1) is 0 Å². The van der Waals surface area contributed by atoms with Crippen molar-refractivity contribution in [1.82, 2.24) is 5.32 Å². The molecule has 1 atom stereocenters. The Bertz CT molecular complexity index is 604. The lowest BCUT2D eigenvalue weighted by molar-refractivity contribution is 0.590. The van der Waals surface area contributed by atoms with E-state index >= 15 is 0 Å². The molecule has 2 aromatic rings. The van der Waals surface area contributed by atoms with Crippen LogP contribution in [0.3, 0.4) is 0 Å². The lowest BCUT2D eigenvalue weighted by Gasteiger charge is -2.12. The van der Waals surface area contributed by atoms with Crippen molar-refractivity contribution in [1.29, 1.82) is 0 Å². The van der Waals surface area contributed by atoms with Gasteiger partial charge in [-0.1, -0.05) is 29.8 Å². The average molecular weight is 276 g/mol. The zero-order chi connectivity index (χ0) is 13.4. The minimum Gasteiger partial charge on any atom is -0.313 e. The number of halogens is 2. The maximum Gasteiger partial charge on any atom is 0.125 e. The second kappa shape index (κ2) is 4.95. The molecule has 0 amide bonds. The molecule has 1 aliphatic rings. The van der Waals surface area contributed by atoms with Crippen molar-refractivity contribution in [3.63, 3.8) is 0 Å². The zero-order valence-corrected chi connectivity index (χ0v) is 11.5. The van der Waals surface area contributed by atoms with Crippen LogP contribution in [0.5, 0.6) is 0 Å². The normalized spacial score (nSPS) is 17.5. The first kappa shape index (κ1) is 12.6. The van der Waals surface area contributed by atoms with E-state index in [9.17, 15) is 4.39 Å². The molecular formula is C16H15ClFN. The fraction of sp³-hybridized carbons (Fsp3) is 0.250. The number of nitrogens with one attached hydrogen (secondary N) is 1. The number of benzene rings is 2. The summed E-state index contributed by atoms with van der Waals surface area (Å²) >= 11 is 5.95. The number of hydrogen-bond donors (Lipinski definition) is 1. The van der Waals surface area contributed by atoms with Crippen molar-refractivity contribution in [2.45, 2.75) is 18.9 Å². The van der Waals surface area contributed by atoms with Crippen molar-refractivity contribution >= 4 is 11.6 Å². The summed E-state index contributed by atoms with van der Waals surface area (Å²) in [6.45, 7) is 0. The summed E-state index contributed by atoms with van der Waals surface area (Å²) < 4.78 is 13.5. The molecule has 2 aromatic carbocycles. The molecule has 0 aromatic heterocycles. The summed E-state index contributed by atoms with van der Waals surface area (Å²) in [6, 6.07) is 11.3. The van der Waals surface area contributed by atoms with Gasteiger partial charge in [-0.15, -0.1) is 0 Å². The second-order valence-electron chi connectivity index (χ2n) is 4.91. The topological polar surface area (TPSA) is 12.0 Å². The van der Waals surface area contributed by atoms with E-state index in [1.807, 2.05) is 25.2 Å². The van der Waals surface area contributed by atoms with E-state index in [1.165, 1.54) is 17.2 Å². The summed E-state index contributed by atoms with van der Waals surface area (Å²) in [4.78, 5) is 0. The van der Waals surface area contributed by atoms with Gasteiger partial charge in [-0.25, -0.2) is 4.39 Å². The Labute approximate surface area is 117 Å². The van der Waals surface area contributed by atoms with Crippen LogP contribution in [0.15, 0.2) is 36.4 Å². The smallest absolute Gasteiger partial charge is 0.125 e. The van der Waals surface area contributed by atoms with E-state index in [-0.39, 0.29) is 5.82 Å². The molecule has 1 aliphatic carbocycles. The average Bonchev–Trinajstić information content (AvgIpc) is 2.80. The number of hydrogen-bond acceptors (Lipinski definition) is 1. The fourth-order valence-electron chi connectivity index (χ4n) is 2.93. The molecular weight excluding hydrogens is 261 g/mol. The standard InChI is InChI=1S/C16H15ClFN/c1-19-16-6-5-14-13(3-2-4-15(14)16)10-7-11(17)9-12(18)8-10/h2-4,7-9,16,19H,5-6H2,1H3. The van der Waals surface area contributed by atoms with Crippen LogP contribution >= 0.6 is 11.6 Å². The van der Waals surface area contributed by atoms with E-state index in [1.54, 1.807) is 6.07 Å². The highest BCUT2D eigenvalue weighted by Crippen LogP contribution is 2.38. The van der Waals surface area contributed by atoms with Crippen molar-refractivity contribution < 1.29 is 4.39 Å². The van der Waals surface area contributed by atoms with Crippen molar-refractivity contribution in [2.75, 3.05) is 7.05 Å². The molecule has 1 N–H and O–H groups in total. The fourth-order valence-corrected chi connectivity index (χ4v) is 3.16. The highest BCUT2D eigenvalue weighted by Gasteiger charge is 2.23. The van der Waals surface area contributed by atoms with E-state index in [4.69, 9.17) is 11.6 Å². The molecule has 0 heterocycles. The predicted molar refractivity (Wildman–Crippen MR) is 77.0 cm³/mol.